The zero-order chi connectivity index (χ0) is 21.8. The molecule has 2 aliphatic rings. The number of nitrogens with zero attached hydrogens (tertiary/aromatic N) is 1. The van der Waals surface area contributed by atoms with Crippen LogP contribution in [0.15, 0.2) is 48.5 Å². The zero-order valence-corrected chi connectivity index (χ0v) is 16.9. The molecule has 0 spiro atoms. The van der Waals surface area contributed by atoms with E-state index in [2.05, 4.69) is 19.7 Å². The van der Waals surface area contributed by atoms with Crippen LogP contribution in [0.4, 0.5) is 8.78 Å². The van der Waals surface area contributed by atoms with Gasteiger partial charge in [-0.3, -0.25) is 5.32 Å². The second-order valence-corrected chi connectivity index (χ2v) is 7.75. The quantitative estimate of drug-likeness (QED) is 0.521. The lowest BCUT2D eigenvalue weighted by atomic mass is 10.0. The molecule has 2 aromatic rings. The summed E-state index contributed by atoms with van der Waals surface area (Å²) < 4.78 is 41.0. The summed E-state index contributed by atoms with van der Waals surface area (Å²) in [5.74, 6) is -0.224. The number of rotatable bonds is 9. The minimum absolute atomic E-state index is 0.0868. The van der Waals surface area contributed by atoms with Gasteiger partial charge in [0.2, 0.25) is 6.41 Å². The number of benzene rings is 2. The molecule has 2 aromatic carbocycles. The molecule has 1 saturated heterocycles. The van der Waals surface area contributed by atoms with Gasteiger partial charge in [-0.25, -0.2) is 0 Å². The molecule has 31 heavy (non-hydrogen) atoms. The highest BCUT2D eigenvalue weighted by Gasteiger charge is 2.43. The second kappa shape index (κ2) is 9.46. The Morgan fingerprint density at radius 2 is 1.74 bits per heavy atom. The maximum absolute atomic E-state index is 13.3. The maximum atomic E-state index is 13.3. The van der Waals surface area contributed by atoms with Gasteiger partial charge >= 0.3 is 6.29 Å². The standard InChI is InChI=1S/C22H26F2N2O5/c23-22(24)30-18-9-8-16(12-19(18)31-22)20(27)17(13-26-10-4-5-11-26)25-21(28)29-14-15-6-2-1-3-7-15/h1-3,6-9,12,17,20-21,25,27-28H,4-5,10-11,13-14H2/t17-,20-,21?/m1/s1. The summed E-state index contributed by atoms with van der Waals surface area (Å²) in [5.41, 5.74) is 1.27. The summed E-state index contributed by atoms with van der Waals surface area (Å²) >= 11 is 0. The lowest BCUT2D eigenvalue weighted by Crippen LogP contribution is -2.49. The fraction of sp³-hybridized carbons (Fsp3) is 0.455. The molecule has 3 N–H and O–H groups in total. The van der Waals surface area contributed by atoms with Gasteiger partial charge in [-0.2, -0.15) is 0 Å². The van der Waals surface area contributed by atoms with Crippen molar-refractivity contribution in [3.05, 3.63) is 59.7 Å². The lowest BCUT2D eigenvalue weighted by molar-refractivity contribution is -0.286. The average molecular weight is 436 g/mol. The monoisotopic (exact) mass is 436 g/mol. The van der Waals surface area contributed by atoms with Gasteiger partial charge in [0.25, 0.3) is 0 Å². The fourth-order valence-corrected chi connectivity index (χ4v) is 3.85. The van der Waals surface area contributed by atoms with Gasteiger partial charge in [-0.05, 0) is 49.2 Å². The van der Waals surface area contributed by atoms with Crippen LogP contribution in [0, 0.1) is 0 Å². The molecule has 9 heteroatoms. The number of likely N-dealkylation sites (tertiary alicyclic amines) is 1. The smallest absolute Gasteiger partial charge is 0.395 e. The third-order valence-electron chi connectivity index (χ3n) is 5.41. The number of ether oxygens (including phenoxy) is 3. The van der Waals surface area contributed by atoms with Crippen LogP contribution in [-0.2, 0) is 11.3 Å². The SMILES string of the molecule is OC(N[C@H](CN1CCCC1)[C@H](O)c1ccc2c(c1)OC(F)(F)O2)OCc1ccccc1. The van der Waals surface area contributed by atoms with Crippen molar-refractivity contribution in [2.24, 2.45) is 0 Å². The Kier molecular flexibility index (Phi) is 6.68. The van der Waals surface area contributed by atoms with Gasteiger partial charge in [0.05, 0.1) is 18.8 Å². The number of hydrogen-bond donors (Lipinski definition) is 3. The van der Waals surface area contributed by atoms with Gasteiger partial charge in [0.1, 0.15) is 0 Å². The summed E-state index contributed by atoms with van der Waals surface area (Å²) in [4.78, 5) is 2.17. The fourth-order valence-electron chi connectivity index (χ4n) is 3.85. The van der Waals surface area contributed by atoms with E-state index < -0.39 is 24.9 Å². The van der Waals surface area contributed by atoms with Crippen LogP contribution < -0.4 is 14.8 Å². The number of fused-ring (bicyclic) bond motifs is 1. The van der Waals surface area contributed by atoms with Crippen LogP contribution in [0.2, 0.25) is 0 Å². The normalized spacial score (nSPS) is 20.5. The third kappa shape index (κ3) is 5.69. The van der Waals surface area contributed by atoms with Crippen LogP contribution in [0.3, 0.4) is 0 Å². The molecule has 1 unspecified atom stereocenters. The van der Waals surface area contributed by atoms with Crippen molar-refractivity contribution in [2.75, 3.05) is 19.6 Å². The highest BCUT2D eigenvalue weighted by Crippen LogP contribution is 2.42. The minimum atomic E-state index is -3.72. The van der Waals surface area contributed by atoms with E-state index in [1.807, 2.05) is 30.3 Å². The number of nitrogens with one attached hydrogen (secondary N) is 1. The molecule has 0 amide bonds. The molecule has 0 radical (unpaired) electrons. The van der Waals surface area contributed by atoms with E-state index in [0.717, 1.165) is 31.5 Å². The number of halogens is 2. The van der Waals surface area contributed by atoms with Crippen molar-refractivity contribution in [2.45, 2.75) is 44.3 Å². The third-order valence-corrected chi connectivity index (χ3v) is 5.41. The van der Waals surface area contributed by atoms with E-state index >= 15 is 0 Å². The van der Waals surface area contributed by atoms with Crippen LogP contribution >= 0.6 is 0 Å². The molecular weight excluding hydrogens is 410 g/mol. The Morgan fingerprint density at radius 1 is 1.03 bits per heavy atom. The molecule has 4 rings (SSSR count). The van der Waals surface area contributed by atoms with E-state index in [9.17, 15) is 19.0 Å². The molecule has 0 bridgehead atoms. The van der Waals surface area contributed by atoms with E-state index in [1.165, 1.54) is 18.2 Å². The number of aliphatic hydroxyl groups excluding tert-OH is 2. The first-order chi connectivity index (χ1) is 14.9. The summed E-state index contributed by atoms with van der Waals surface area (Å²) in [6.45, 7) is 2.43. The van der Waals surface area contributed by atoms with Crippen LogP contribution in [0.25, 0.3) is 0 Å². The summed E-state index contributed by atoms with van der Waals surface area (Å²) in [7, 11) is 0. The summed E-state index contributed by atoms with van der Waals surface area (Å²) in [5, 5.41) is 24.3. The first-order valence-electron chi connectivity index (χ1n) is 10.3. The van der Waals surface area contributed by atoms with Crippen LogP contribution in [0.5, 0.6) is 11.5 Å². The minimum Gasteiger partial charge on any atom is -0.395 e. The Bertz CT molecular complexity index is 864. The molecule has 1 fully saturated rings. The van der Waals surface area contributed by atoms with Crippen molar-refractivity contribution in [1.82, 2.24) is 10.2 Å². The van der Waals surface area contributed by atoms with Crippen molar-refractivity contribution in [3.8, 4) is 11.5 Å². The van der Waals surface area contributed by atoms with Crippen molar-refractivity contribution < 1.29 is 33.2 Å². The lowest BCUT2D eigenvalue weighted by Gasteiger charge is -2.30. The number of aliphatic hydroxyl groups is 2. The molecule has 0 aliphatic carbocycles. The first-order valence-corrected chi connectivity index (χ1v) is 10.3. The van der Waals surface area contributed by atoms with E-state index in [4.69, 9.17) is 4.74 Å². The Balaban J connectivity index is 1.44. The predicted molar refractivity (Wildman–Crippen MR) is 107 cm³/mol. The van der Waals surface area contributed by atoms with Gasteiger partial charge in [0, 0.05) is 6.54 Å². The number of alkyl halides is 2. The molecule has 2 heterocycles. The topological polar surface area (TPSA) is 83.4 Å². The Morgan fingerprint density at radius 3 is 2.48 bits per heavy atom. The Labute approximate surface area is 179 Å². The second-order valence-electron chi connectivity index (χ2n) is 7.75. The van der Waals surface area contributed by atoms with Crippen molar-refractivity contribution in [1.29, 1.82) is 0 Å². The van der Waals surface area contributed by atoms with Crippen LogP contribution in [0.1, 0.15) is 30.1 Å². The van der Waals surface area contributed by atoms with E-state index in [1.54, 1.807) is 0 Å². The molecule has 0 aromatic heterocycles. The molecule has 3 atom stereocenters. The maximum Gasteiger partial charge on any atom is 0.586 e. The highest BCUT2D eigenvalue weighted by molar-refractivity contribution is 5.46. The molecule has 7 nitrogen and oxygen atoms in total. The van der Waals surface area contributed by atoms with Crippen LogP contribution in [-0.4, -0.2) is 53.5 Å². The predicted octanol–water partition coefficient (Wildman–Crippen LogP) is 2.59. The zero-order valence-electron chi connectivity index (χ0n) is 16.9. The van der Waals surface area contributed by atoms with Crippen molar-refractivity contribution >= 4 is 0 Å². The molecule has 2 aliphatic heterocycles. The molecule has 168 valence electrons. The molecule has 0 saturated carbocycles. The molecular formula is C22H26F2N2O5. The average Bonchev–Trinajstić information content (AvgIpc) is 3.37. The largest absolute Gasteiger partial charge is 0.586 e. The van der Waals surface area contributed by atoms with Gasteiger partial charge in [-0.15, -0.1) is 8.78 Å². The number of hydrogen-bond acceptors (Lipinski definition) is 7. The van der Waals surface area contributed by atoms with E-state index in [0.29, 0.717) is 12.1 Å². The highest BCUT2D eigenvalue weighted by atomic mass is 19.3. The summed E-state index contributed by atoms with van der Waals surface area (Å²) in [6.07, 6.45) is -4.01. The van der Waals surface area contributed by atoms with Gasteiger partial charge in [-0.1, -0.05) is 36.4 Å². The summed E-state index contributed by atoms with van der Waals surface area (Å²) in [6, 6.07) is 13.0. The van der Waals surface area contributed by atoms with Crippen molar-refractivity contribution in [3.63, 3.8) is 0 Å². The van der Waals surface area contributed by atoms with Gasteiger partial charge in [0.15, 0.2) is 11.5 Å². The first kappa shape index (κ1) is 21.9. The van der Waals surface area contributed by atoms with E-state index in [-0.39, 0.29) is 18.1 Å². The Hall–Kier alpha value is -2.30. The van der Waals surface area contributed by atoms with Gasteiger partial charge < -0.3 is 29.3 Å².